The quantitative estimate of drug-likeness (QED) is 0.841. The first kappa shape index (κ1) is 16.7. The van der Waals surface area contributed by atoms with Gasteiger partial charge in [-0.2, -0.15) is 0 Å². The molecule has 3 nitrogen and oxygen atoms in total. The van der Waals surface area contributed by atoms with E-state index in [1.165, 1.54) is 23.3 Å². The van der Waals surface area contributed by atoms with Crippen LogP contribution in [0, 0.1) is 0 Å². The minimum atomic E-state index is -0.174. The summed E-state index contributed by atoms with van der Waals surface area (Å²) in [7, 11) is 2.11. The largest absolute Gasteiger partial charge is 0.348 e. The Morgan fingerprint density at radius 3 is 2.25 bits per heavy atom. The second kappa shape index (κ2) is 8.11. The highest BCUT2D eigenvalue weighted by molar-refractivity contribution is 5.82. The highest BCUT2D eigenvalue weighted by Crippen LogP contribution is 2.19. The van der Waals surface area contributed by atoms with Gasteiger partial charge in [-0.25, -0.2) is 0 Å². The molecule has 0 aliphatic heterocycles. The monoisotopic (exact) mass is 323 g/mol. The molecule has 0 bridgehead atoms. The molecule has 0 spiro atoms. The van der Waals surface area contributed by atoms with Crippen molar-refractivity contribution in [2.45, 2.75) is 44.3 Å². The lowest BCUT2D eigenvalue weighted by Gasteiger charge is -2.26. The maximum absolute atomic E-state index is 13.0. The number of rotatable bonds is 6. The summed E-state index contributed by atoms with van der Waals surface area (Å²) in [6, 6.07) is 20.7. The number of carbonyl (C=O) groups is 1. The molecule has 0 radical (unpaired) electrons. The fourth-order valence-electron chi connectivity index (χ4n) is 3.68. The molecule has 0 aromatic heterocycles. The van der Waals surface area contributed by atoms with Crippen molar-refractivity contribution in [2.24, 2.45) is 0 Å². The molecule has 3 rings (SSSR count). The van der Waals surface area contributed by atoms with Gasteiger partial charge in [0.1, 0.15) is 6.54 Å². The molecule has 2 N–H and O–H groups in total. The number of amides is 1. The van der Waals surface area contributed by atoms with Gasteiger partial charge in [0.15, 0.2) is 6.04 Å². The Bertz CT molecular complexity index is 635. The molecule has 0 heterocycles. The van der Waals surface area contributed by atoms with Gasteiger partial charge in [-0.05, 0) is 12.8 Å². The molecule has 1 aliphatic carbocycles. The lowest BCUT2D eigenvalue weighted by molar-refractivity contribution is -0.916. The summed E-state index contributed by atoms with van der Waals surface area (Å²) >= 11 is 0. The average Bonchev–Trinajstić information content (AvgIpc) is 3.10. The first-order chi connectivity index (χ1) is 11.7. The zero-order valence-electron chi connectivity index (χ0n) is 14.4. The van der Waals surface area contributed by atoms with Crippen molar-refractivity contribution in [2.75, 3.05) is 7.05 Å². The lowest BCUT2D eigenvalue weighted by atomic mass is 10.0. The Labute approximate surface area is 144 Å². The summed E-state index contributed by atoms with van der Waals surface area (Å²) in [4.78, 5) is 14.2. The van der Waals surface area contributed by atoms with E-state index in [9.17, 15) is 4.79 Å². The van der Waals surface area contributed by atoms with Crippen molar-refractivity contribution in [3.05, 3.63) is 71.8 Å². The molecule has 1 saturated carbocycles. The smallest absolute Gasteiger partial charge is 0.283 e. The Kier molecular flexibility index (Phi) is 5.65. The van der Waals surface area contributed by atoms with Crippen LogP contribution in [0.4, 0.5) is 0 Å². The first-order valence-electron chi connectivity index (χ1n) is 8.95. The number of hydrogen-bond donors (Lipinski definition) is 2. The average molecular weight is 323 g/mol. The van der Waals surface area contributed by atoms with Crippen molar-refractivity contribution >= 4 is 5.91 Å². The predicted octanol–water partition coefficient (Wildman–Crippen LogP) is 2.50. The number of hydrogen-bond acceptors (Lipinski definition) is 1. The Morgan fingerprint density at radius 1 is 1.04 bits per heavy atom. The highest BCUT2D eigenvalue weighted by atomic mass is 16.2. The Balaban J connectivity index is 1.77. The molecule has 3 heteroatoms. The van der Waals surface area contributed by atoms with E-state index in [1.807, 2.05) is 24.3 Å². The number of nitrogens with one attached hydrogen (secondary N) is 2. The van der Waals surface area contributed by atoms with Gasteiger partial charge in [0.05, 0.1) is 7.05 Å². The summed E-state index contributed by atoms with van der Waals surface area (Å²) < 4.78 is 0. The highest BCUT2D eigenvalue weighted by Gasteiger charge is 2.31. The second-order valence-electron chi connectivity index (χ2n) is 6.84. The van der Waals surface area contributed by atoms with E-state index >= 15 is 0 Å². The molecule has 2 unspecified atom stereocenters. The SMILES string of the molecule is C[NH+](Cc1ccccc1)C(C(=O)NC1CCCC1)c1ccccc1. The Morgan fingerprint density at radius 2 is 1.62 bits per heavy atom. The van der Waals surface area contributed by atoms with E-state index in [0.29, 0.717) is 6.04 Å². The number of likely N-dealkylation sites (N-methyl/N-ethyl adjacent to an activating group) is 1. The van der Waals surface area contributed by atoms with Crippen molar-refractivity contribution in [3.8, 4) is 0 Å². The van der Waals surface area contributed by atoms with E-state index in [0.717, 1.165) is 24.9 Å². The van der Waals surface area contributed by atoms with Crippen LogP contribution in [0.5, 0.6) is 0 Å². The Hall–Kier alpha value is -2.13. The predicted molar refractivity (Wildman–Crippen MR) is 96.6 cm³/mol. The molecule has 1 amide bonds. The van der Waals surface area contributed by atoms with Gasteiger partial charge >= 0.3 is 0 Å². The van der Waals surface area contributed by atoms with E-state index in [2.05, 4.69) is 48.8 Å². The van der Waals surface area contributed by atoms with Crippen LogP contribution >= 0.6 is 0 Å². The number of quaternary nitrogens is 1. The molecule has 2 atom stereocenters. The second-order valence-corrected chi connectivity index (χ2v) is 6.84. The topological polar surface area (TPSA) is 33.5 Å². The zero-order chi connectivity index (χ0) is 16.8. The van der Waals surface area contributed by atoms with Gasteiger partial charge in [-0.15, -0.1) is 0 Å². The molecular weight excluding hydrogens is 296 g/mol. The third-order valence-corrected chi connectivity index (χ3v) is 4.92. The summed E-state index contributed by atoms with van der Waals surface area (Å²) in [6.07, 6.45) is 4.69. The van der Waals surface area contributed by atoms with Gasteiger partial charge in [0, 0.05) is 17.2 Å². The normalized spacial score (nSPS) is 17.4. The fraction of sp³-hybridized carbons (Fsp3) is 0.381. The van der Waals surface area contributed by atoms with Crippen molar-refractivity contribution in [3.63, 3.8) is 0 Å². The molecule has 1 aliphatic rings. The molecule has 2 aromatic rings. The maximum atomic E-state index is 13.0. The number of benzene rings is 2. The summed E-state index contributed by atoms with van der Waals surface area (Å²) in [5.74, 6) is 0.154. The fourth-order valence-corrected chi connectivity index (χ4v) is 3.68. The van der Waals surface area contributed by atoms with Gasteiger partial charge in [-0.1, -0.05) is 73.5 Å². The standard InChI is InChI=1S/C21H26N2O/c1-23(16-17-10-4-2-5-11-17)20(18-12-6-3-7-13-18)21(24)22-19-14-8-9-15-19/h2-7,10-13,19-20H,8-9,14-16H2,1H3,(H,22,24)/p+1. The minimum absolute atomic E-state index is 0.154. The van der Waals surface area contributed by atoms with Crippen LogP contribution in [0.25, 0.3) is 0 Å². The van der Waals surface area contributed by atoms with Crippen LogP contribution in [-0.4, -0.2) is 19.0 Å². The summed E-state index contributed by atoms with van der Waals surface area (Å²) in [5, 5.41) is 3.28. The van der Waals surface area contributed by atoms with Crippen LogP contribution in [0.2, 0.25) is 0 Å². The summed E-state index contributed by atoms with van der Waals surface area (Å²) in [6.45, 7) is 0.832. The van der Waals surface area contributed by atoms with Gasteiger partial charge in [0.2, 0.25) is 0 Å². The van der Waals surface area contributed by atoms with Crippen LogP contribution < -0.4 is 10.2 Å². The third kappa shape index (κ3) is 4.24. The van der Waals surface area contributed by atoms with Gasteiger partial charge < -0.3 is 10.2 Å². The van der Waals surface area contributed by atoms with Crippen LogP contribution in [0.3, 0.4) is 0 Å². The maximum Gasteiger partial charge on any atom is 0.283 e. The van der Waals surface area contributed by atoms with Crippen LogP contribution in [0.15, 0.2) is 60.7 Å². The van der Waals surface area contributed by atoms with Crippen molar-refractivity contribution in [1.82, 2.24) is 5.32 Å². The molecule has 1 fully saturated rings. The first-order valence-corrected chi connectivity index (χ1v) is 8.95. The van der Waals surface area contributed by atoms with Crippen LogP contribution in [0.1, 0.15) is 42.9 Å². The van der Waals surface area contributed by atoms with E-state index in [-0.39, 0.29) is 11.9 Å². The van der Waals surface area contributed by atoms with Gasteiger partial charge in [-0.3, -0.25) is 4.79 Å². The molecule has 2 aromatic carbocycles. The molecule has 0 saturated heterocycles. The molecule has 126 valence electrons. The zero-order valence-corrected chi connectivity index (χ0v) is 14.4. The van der Waals surface area contributed by atoms with Crippen molar-refractivity contribution in [1.29, 1.82) is 0 Å². The van der Waals surface area contributed by atoms with E-state index < -0.39 is 0 Å². The lowest BCUT2D eigenvalue weighted by Crippen LogP contribution is -3.09. The molecular formula is C21H27N2O+. The van der Waals surface area contributed by atoms with Crippen molar-refractivity contribution < 1.29 is 9.69 Å². The van der Waals surface area contributed by atoms with E-state index in [4.69, 9.17) is 0 Å². The van der Waals surface area contributed by atoms with Crippen LogP contribution in [-0.2, 0) is 11.3 Å². The van der Waals surface area contributed by atoms with E-state index in [1.54, 1.807) is 0 Å². The summed E-state index contributed by atoms with van der Waals surface area (Å²) in [5.41, 5.74) is 2.34. The number of carbonyl (C=O) groups excluding carboxylic acids is 1. The van der Waals surface area contributed by atoms with Gasteiger partial charge in [0.25, 0.3) is 5.91 Å². The minimum Gasteiger partial charge on any atom is -0.348 e. The third-order valence-electron chi connectivity index (χ3n) is 4.92. The molecule has 24 heavy (non-hydrogen) atoms.